The molecule has 0 fully saturated rings. The Hall–Kier alpha value is -3.22. The standard InChI is InChI=1S/C17H17N5O2/c1-13(17(23)18-11-14-6-3-2-4-7-14)24-16-9-5-8-15(10-16)22-12-19-20-21-22/h2-10,12-13H,11H2,1H3,(H,18,23)/t13-/m0/s1. The Bertz CT molecular complexity index is 790. The molecule has 0 aliphatic carbocycles. The zero-order valence-corrected chi connectivity index (χ0v) is 13.2. The SMILES string of the molecule is C[C@H](Oc1cccc(-n2cnnn2)c1)C(=O)NCc1ccccc1. The Labute approximate surface area is 139 Å². The summed E-state index contributed by atoms with van der Waals surface area (Å²) in [5, 5.41) is 13.9. The fraction of sp³-hybridized carbons (Fsp3) is 0.176. The van der Waals surface area contributed by atoms with Crippen molar-refractivity contribution in [1.82, 2.24) is 25.5 Å². The lowest BCUT2D eigenvalue weighted by molar-refractivity contribution is -0.127. The van der Waals surface area contributed by atoms with Gasteiger partial charge in [-0.2, -0.15) is 0 Å². The van der Waals surface area contributed by atoms with Gasteiger partial charge in [0.15, 0.2) is 6.10 Å². The van der Waals surface area contributed by atoms with E-state index in [4.69, 9.17) is 4.74 Å². The van der Waals surface area contributed by atoms with Crippen molar-refractivity contribution < 1.29 is 9.53 Å². The van der Waals surface area contributed by atoms with Gasteiger partial charge in [-0.25, -0.2) is 4.68 Å². The van der Waals surface area contributed by atoms with E-state index in [9.17, 15) is 4.79 Å². The number of carbonyl (C=O) groups is 1. The number of hydrogen-bond acceptors (Lipinski definition) is 5. The Morgan fingerprint density at radius 2 is 2.04 bits per heavy atom. The van der Waals surface area contributed by atoms with Gasteiger partial charge in [-0.05, 0) is 35.0 Å². The van der Waals surface area contributed by atoms with E-state index in [2.05, 4.69) is 20.8 Å². The van der Waals surface area contributed by atoms with Crippen molar-refractivity contribution in [1.29, 1.82) is 0 Å². The molecule has 0 radical (unpaired) electrons. The van der Waals surface area contributed by atoms with Gasteiger partial charge in [0.1, 0.15) is 12.1 Å². The van der Waals surface area contributed by atoms with Crippen LogP contribution in [0.1, 0.15) is 12.5 Å². The molecule has 1 heterocycles. The number of carbonyl (C=O) groups excluding carboxylic acids is 1. The Morgan fingerprint density at radius 3 is 2.79 bits per heavy atom. The van der Waals surface area contributed by atoms with E-state index in [-0.39, 0.29) is 5.91 Å². The molecule has 0 aliphatic heterocycles. The van der Waals surface area contributed by atoms with Gasteiger partial charge in [0.05, 0.1) is 5.69 Å². The molecule has 0 bridgehead atoms. The normalized spacial score (nSPS) is 11.7. The van der Waals surface area contributed by atoms with E-state index in [0.29, 0.717) is 12.3 Å². The van der Waals surface area contributed by atoms with Gasteiger partial charge in [0, 0.05) is 12.6 Å². The number of tetrazole rings is 1. The lowest BCUT2D eigenvalue weighted by atomic mass is 10.2. The summed E-state index contributed by atoms with van der Waals surface area (Å²) in [4.78, 5) is 12.2. The molecule has 1 aromatic heterocycles. The van der Waals surface area contributed by atoms with Gasteiger partial charge in [-0.3, -0.25) is 4.79 Å². The Morgan fingerprint density at radius 1 is 1.21 bits per heavy atom. The van der Waals surface area contributed by atoms with Crippen LogP contribution in [0.4, 0.5) is 0 Å². The minimum Gasteiger partial charge on any atom is -0.481 e. The molecule has 2 aromatic carbocycles. The molecule has 1 amide bonds. The highest BCUT2D eigenvalue weighted by Gasteiger charge is 2.14. The molecule has 0 unspecified atom stereocenters. The van der Waals surface area contributed by atoms with Crippen LogP contribution in [0.15, 0.2) is 60.9 Å². The number of aromatic nitrogens is 4. The molecule has 3 aromatic rings. The summed E-state index contributed by atoms with van der Waals surface area (Å²) >= 11 is 0. The Kier molecular flexibility index (Phi) is 4.81. The molecule has 122 valence electrons. The van der Waals surface area contributed by atoms with E-state index in [1.165, 1.54) is 11.0 Å². The summed E-state index contributed by atoms with van der Waals surface area (Å²) in [5.74, 6) is 0.400. The van der Waals surface area contributed by atoms with Crippen molar-refractivity contribution in [2.24, 2.45) is 0 Å². The summed E-state index contributed by atoms with van der Waals surface area (Å²) < 4.78 is 7.23. The maximum atomic E-state index is 12.2. The van der Waals surface area contributed by atoms with Crippen LogP contribution in [0.2, 0.25) is 0 Å². The van der Waals surface area contributed by atoms with Crippen molar-refractivity contribution in [3.8, 4) is 11.4 Å². The molecule has 7 heteroatoms. The van der Waals surface area contributed by atoms with Crippen LogP contribution in [0, 0.1) is 0 Å². The maximum absolute atomic E-state index is 12.2. The molecule has 7 nitrogen and oxygen atoms in total. The molecular formula is C17H17N5O2. The molecule has 3 rings (SSSR count). The summed E-state index contributed by atoms with van der Waals surface area (Å²) in [6.45, 7) is 2.18. The predicted octanol–water partition coefficient (Wildman–Crippen LogP) is 1.75. The topological polar surface area (TPSA) is 81.9 Å². The van der Waals surface area contributed by atoms with Crippen LogP contribution < -0.4 is 10.1 Å². The van der Waals surface area contributed by atoms with Gasteiger partial charge in [0.2, 0.25) is 0 Å². The minimum absolute atomic E-state index is 0.174. The average molecular weight is 323 g/mol. The van der Waals surface area contributed by atoms with E-state index < -0.39 is 6.10 Å². The number of amides is 1. The van der Waals surface area contributed by atoms with Gasteiger partial charge in [-0.1, -0.05) is 36.4 Å². The molecule has 0 spiro atoms. The first-order valence-electron chi connectivity index (χ1n) is 7.54. The summed E-state index contributed by atoms with van der Waals surface area (Å²) in [6, 6.07) is 17.0. The fourth-order valence-electron chi connectivity index (χ4n) is 2.17. The largest absolute Gasteiger partial charge is 0.481 e. The monoisotopic (exact) mass is 323 g/mol. The van der Waals surface area contributed by atoms with Crippen LogP contribution in [-0.4, -0.2) is 32.2 Å². The summed E-state index contributed by atoms with van der Waals surface area (Å²) in [6.07, 6.45) is 0.882. The summed E-state index contributed by atoms with van der Waals surface area (Å²) in [7, 11) is 0. The number of ether oxygens (including phenoxy) is 1. The zero-order valence-electron chi connectivity index (χ0n) is 13.2. The van der Waals surface area contributed by atoms with Crippen molar-refractivity contribution >= 4 is 5.91 Å². The van der Waals surface area contributed by atoms with Crippen molar-refractivity contribution in [2.75, 3.05) is 0 Å². The molecule has 0 aliphatic rings. The van der Waals surface area contributed by atoms with Gasteiger partial charge < -0.3 is 10.1 Å². The van der Waals surface area contributed by atoms with Crippen LogP contribution in [0.25, 0.3) is 5.69 Å². The van der Waals surface area contributed by atoms with E-state index in [1.807, 2.05) is 42.5 Å². The first-order valence-corrected chi connectivity index (χ1v) is 7.54. The maximum Gasteiger partial charge on any atom is 0.261 e. The van der Waals surface area contributed by atoms with Crippen molar-refractivity contribution in [3.63, 3.8) is 0 Å². The second-order valence-corrected chi connectivity index (χ2v) is 5.22. The van der Waals surface area contributed by atoms with Crippen molar-refractivity contribution in [3.05, 3.63) is 66.5 Å². The second-order valence-electron chi connectivity index (χ2n) is 5.22. The van der Waals surface area contributed by atoms with E-state index >= 15 is 0 Å². The third-order valence-corrected chi connectivity index (χ3v) is 3.42. The van der Waals surface area contributed by atoms with E-state index in [1.54, 1.807) is 19.1 Å². The highest BCUT2D eigenvalue weighted by atomic mass is 16.5. The first kappa shape index (κ1) is 15.7. The highest BCUT2D eigenvalue weighted by Crippen LogP contribution is 2.17. The minimum atomic E-state index is -0.613. The lowest BCUT2D eigenvalue weighted by Crippen LogP contribution is -2.35. The first-order chi connectivity index (χ1) is 11.7. The third kappa shape index (κ3) is 3.95. The number of nitrogens with zero attached hydrogens (tertiary/aromatic N) is 4. The second kappa shape index (κ2) is 7.36. The van der Waals surface area contributed by atoms with Crippen molar-refractivity contribution in [2.45, 2.75) is 19.6 Å². The molecule has 0 saturated heterocycles. The zero-order chi connectivity index (χ0) is 16.8. The molecule has 1 N–H and O–H groups in total. The lowest BCUT2D eigenvalue weighted by Gasteiger charge is -2.15. The van der Waals surface area contributed by atoms with Crippen LogP contribution >= 0.6 is 0 Å². The number of benzene rings is 2. The molecule has 24 heavy (non-hydrogen) atoms. The quantitative estimate of drug-likeness (QED) is 0.747. The smallest absolute Gasteiger partial charge is 0.261 e. The molecule has 1 atom stereocenters. The third-order valence-electron chi connectivity index (χ3n) is 3.42. The van der Waals surface area contributed by atoms with Gasteiger partial charge in [0.25, 0.3) is 5.91 Å². The summed E-state index contributed by atoms with van der Waals surface area (Å²) in [5.41, 5.74) is 1.80. The van der Waals surface area contributed by atoms with Crippen LogP contribution in [-0.2, 0) is 11.3 Å². The number of nitrogens with one attached hydrogen (secondary N) is 1. The average Bonchev–Trinajstić information content (AvgIpc) is 3.15. The molecule has 0 saturated carbocycles. The van der Waals surface area contributed by atoms with Crippen LogP contribution in [0.5, 0.6) is 5.75 Å². The Balaban J connectivity index is 1.59. The molecular weight excluding hydrogens is 306 g/mol. The predicted molar refractivity (Wildman–Crippen MR) is 87.5 cm³/mol. The fourth-order valence-corrected chi connectivity index (χ4v) is 2.17. The van der Waals surface area contributed by atoms with E-state index in [0.717, 1.165) is 11.3 Å². The number of hydrogen-bond donors (Lipinski definition) is 1. The highest BCUT2D eigenvalue weighted by molar-refractivity contribution is 5.80. The number of rotatable bonds is 6. The van der Waals surface area contributed by atoms with Gasteiger partial charge >= 0.3 is 0 Å². The van der Waals surface area contributed by atoms with Gasteiger partial charge in [-0.15, -0.1) is 5.10 Å². The van der Waals surface area contributed by atoms with Crippen LogP contribution in [0.3, 0.4) is 0 Å².